The van der Waals surface area contributed by atoms with Gasteiger partial charge in [0.15, 0.2) is 5.76 Å². The minimum Gasteiger partial charge on any atom is -0.461 e. The van der Waals surface area contributed by atoms with Crippen molar-refractivity contribution in [2.24, 2.45) is 0 Å². The van der Waals surface area contributed by atoms with Gasteiger partial charge in [-0.3, -0.25) is 0 Å². The topological polar surface area (TPSA) is 51.0 Å². The van der Waals surface area contributed by atoms with Crippen LogP contribution in [0.25, 0.3) is 11.5 Å². The van der Waals surface area contributed by atoms with E-state index >= 15 is 0 Å². The summed E-state index contributed by atoms with van der Waals surface area (Å²) in [6.07, 6.45) is 5.15. The monoisotopic (exact) mass is 295 g/mol. The van der Waals surface area contributed by atoms with Gasteiger partial charge in [0.1, 0.15) is 17.8 Å². The molecule has 0 unspecified atom stereocenters. The van der Waals surface area contributed by atoms with E-state index in [9.17, 15) is 0 Å². The van der Waals surface area contributed by atoms with Gasteiger partial charge in [-0.2, -0.15) is 0 Å². The Bertz CT molecular complexity index is 510. The van der Waals surface area contributed by atoms with E-state index in [1.165, 1.54) is 0 Å². The fourth-order valence-electron chi connectivity index (χ4n) is 1.77. The normalized spacial score (nSPS) is 10.5. The lowest BCUT2D eigenvalue weighted by Crippen LogP contribution is -2.02. The maximum absolute atomic E-state index is 5.47. The Hall–Kier alpha value is -1.36. The first-order valence-corrected chi connectivity index (χ1v) is 6.32. The van der Waals surface area contributed by atoms with Crippen LogP contribution in [0, 0.1) is 0 Å². The molecule has 0 radical (unpaired) electrons. The zero-order valence-corrected chi connectivity index (χ0v) is 11.4. The average Bonchev–Trinajstić information content (AvgIpc) is 2.76. The number of anilines is 1. The van der Waals surface area contributed by atoms with Gasteiger partial charge in [0.25, 0.3) is 0 Å². The van der Waals surface area contributed by atoms with Crippen molar-refractivity contribution >= 4 is 21.7 Å². The summed E-state index contributed by atoms with van der Waals surface area (Å²) >= 11 is 3.46. The smallest absolute Gasteiger partial charge is 0.166 e. The highest BCUT2D eigenvalue weighted by Gasteiger charge is 2.16. The average molecular weight is 296 g/mol. The predicted octanol–water partition coefficient (Wildman–Crippen LogP) is 3.49. The molecule has 90 valence electrons. The highest BCUT2D eigenvalue weighted by Crippen LogP contribution is 2.32. The minimum atomic E-state index is 0.757. The number of halogens is 1. The van der Waals surface area contributed by atoms with Crippen LogP contribution < -0.4 is 5.32 Å². The molecule has 2 aromatic rings. The number of rotatable bonds is 4. The minimum absolute atomic E-state index is 0.757. The van der Waals surface area contributed by atoms with Crippen LogP contribution >= 0.6 is 15.9 Å². The molecule has 2 rings (SSSR count). The molecule has 0 amide bonds. The third kappa shape index (κ3) is 2.34. The number of aromatic nitrogens is 2. The SMILES string of the molecule is CCCc1c(NC)ncnc1-c1occc1Br. The van der Waals surface area contributed by atoms with Gasteiger partial charge in [-0.1, -0.05) is 13.3 Å². The predicted molar refractivity (Wildman–Crippen MR) is 71.0 cm³/mol. The van der Waals surface area contributed by atoms with E-state index in [1.807, 2.05) is 13.1 Å². The maximum atomic E-state index is 5.47. The molecule has 2 heterocycles. The van der Waals surface area contributed by atoms with Crippen LogP contribution in [0.2, 0.25) is 0 Å². The van der Waals surface area contributed by atoms with Crippen LogP contribution in [-0.2, 0) is 6.42 Å². The fourth-order valence-corrected chi connectivity index (χ4v) is 2.16. The summed E-state index contributed by atoms with van der Waals surface area (Å²) in [4.78, 5) is 8.57. The van der Waals surface area contributed by atoms with Gasteiger partial charge >= 0.3 is 0 Å². The van der Waals surface area contributed by atoms with E-state index < -0.39 is 0 Å². The first kappa shape index (κ1) is 12.1. The maximum Gasteiger partial charge on any atom is 0.166 e. The Balaban J connectivity index is 2.57. The Morgan fingerprint density at radius 3 is 2.82 bits per heavy atom. The summed E-state index contributed by atoms with van der Waals surface area (Å²) in [5.74, 6) is 1.62. The molecule has 0 spiro atoms. The van der Waals surface area contributed by atoms with Gasteiger partial charge < -0.3 is 9.73 Å². The van der Waals surface area contributed by atoms with Crippen molar-refractivity contribution in [2.45, 2.75) is 19.8 Å². The van der Waals surface area contributed by atoms with Crippen molar-refractivity contribution in [3.63, 3.8) is 0 Å². The molecule has 0 saturated heterocycles. The lowest BCUT2D eigenvalue weighted by atomic mass is 10.1. The van der Waals surface area contributed by atoms with Gasteiger partial charge in [0, 0.05) is 12.6 Å². The zero-order valence-electron chi connectivity index (χ0n) is 9.83. The summed E-state index contributed by atoms with van der Waals surface area (Å²) in [5.41, 5.74) is 1.94. The third-order valence-electron chi connectivity index (χ3n) is 2.51. The number of hydrogen-bond donors (Lipinski definition) is 1. The molecule has 4 nitrogen and oxygen atoms in total. The largest absolute Gasteiger partial charge is 0.461 e. The van der Waals surface area contributed by atoms with Crippen molar-refractivity contribution in [1.29, 1.82) is 0 Å². The molecule has 0 bridgehead atoms. The highest BCUT2D eigenvalue weighted by molar-refractivity contribution is 9.10. The van der Waals surface area contributed by atoms with Gasteiger partial charge in [0.05, 0.1) is 10.7 Å². The van der Waals surface area contributed by atoms with Crippen LogP contribution in [0.1, 0.15) is 18.9 Å². The second kappa shape index (κ2) is 5.31. The Kier molecular flexibility index (Phi) is 3.78. The quantitative estimate of drug-likeness (QED) is 0.938. The molecular weight excluding hydrogens is 282 g/mol. The summed E-state index contributed by atoms with van der Waals surface area (Å²) in [6, 6.07) is 1.87. The molecule has 0 saturated carbocycles. The van der Waals surface area contributed by atoms with Gasteiger partial charge in [0.2, 0.25) is 0 Å². The molecule has 0 aliphatic heterocycles. The van der Waals surface area contributed by atoms with Gasteiger partial charge in [-0.15, -0.1) is 0 Å². The number of furan rings is 1. The van der Waals surface area contributed by atoms with E-state index in [0.29, 0.717) is 0 Å². The van der Waals surface area contributed by atoms with Crippen LogP contribution in [-0.4, -0.2) is 17.0 Å². The second-order valence-electron chi connectivity index (χ2n) is 3.65. The molecule has 17 heavy (non-hydrogen) atoms. The van der Waals surface area contributed by atoms with E-state index in [1.54, 1.807) is 12.6 Å². The standard InChI is InChI=1S/C12H14BrN3O/c1-3-4-8-10(11-9(13)5-6-17-11)15-7-16-12(8)14-2/h5-7H,3-4H2,1-2H3,(H,14,15,16). The van der Waals surface area contributed by atoms with E-state index in [4.69, 9.17) is 4.42 Å². The van der Waals surface area contributed by atoms with E-state index in [-0.39, 0.29) is 0 Å². The van der Waals surface area contributed by atoms with Gasteiger partial charge in [-0.05, 0) is 28.4 Å². The van der Waals surface area contributed by atoms with Crippen molar-refractivity contribution < 1.29 is 4.42 Å². The molecule has 0 aliphatic rings. The van der Waals surface area contributed by atoms with Crippen molar-refractivity contribution in [2.75, 3.05) is 12.4 Å². The Morgan fingerprint density at radius 2 is 2.24 bits per heavy atom. The first-order chi connectivity index (χ1) is 8.27. The lowest BCUT2D eigenvalue weighted by Gasteiger charge is -2.10. The third-order valence-corrected chi connectivity index (χ3v) is 3.14. The van der Waals surface area contributed by atoms with E-state index in [2.05, 4.69) is 38.1 Å². The van der Waals surface area contributed by atoms with Crippen molar-refractivity contribution in [3.8, 4) is 11.5 Å². The van der Waals surface area contributed by atoms with Crippen LogP contribution in [0.3, 0.4) is 0 Å². The van der Waals surface area contributed by atoms with Crippen LogP contribution in [0.15, 0.2) is 27.5 Å². The van der Waals surface area contributed by atoms with Crippen molar-refractivity contribution in [3.05, 3.63) is 28.7 Å². The Morgan fingerprint density at radius 1 is 1.41 bits per heavy atom. The molecule has 1 N–H and O–H groups in total. The number of nitrogens with one attached hydrogen (secondary N) is 1. The second-order valence-corrected chi connectivity index (χ2v) is 4.50. The summed E-state index contributed by atoms with van der Waals surface area (Å²) < 4.78 is 6.38. The Labute approximate surface area is 109 Å². The van der Waals surface area contributed by atoms with Crippen molar-refractivity contribution in [1.82, 2.24) is 9.97 Å². The summed E-state index contributed by atoms with van der Waals surface area (Å²) in [7, 11) is 1.86. The molecule has 0 fully saturated rings. The molecule has 2 aromatic heterocycles. The molecule has 0 aromatic carbocycles. The lowest BCUT2D eigenvalue weighted by molar-refractivity contribution is 0.577. The van der Waals surface area contributed by atoms with Gasteiger partial charge in [-0.25, -0.2) is 9.97 Å². The zero-order chi connectivity index (χ0) is 12.3. The molecule has 5 heteroatoms. The molecule has 0 atom stereocenters. The number of nitrogens with zero attached hydrogens (tertiary/aromatic N) is 2. The summed E-state index contributed by atoms with van der Waals surface area (Å²) in [5, 5.41) is 3.09. The van der Waals surface area contributed by atoms with E-state index in [0.717, 1.165) is 40.1 Å². The van der Waals surface area contributed by atoms with Crippen LogP contribution in [0.5, 0.6) is 0 Å². The highest BCUT2D eigenvalue weighted by atomic mass is 79.9. The fraction of sp³-hybridized carbons (Fsp3) is 0.333. The first-order valence-electron chi connectivity index (χ1n) is 5.53. The number of hydrogen-bond acceptors (Lipinski definition) is 4. The summed E-state index contributed by atoms with van der Waals surface area (Å²) in [6.45, 7) is 2.13. The molecular formula is C12H14BrN3O. The molecule has 0 aliphatic carbocycles. The van der Waals surface area contributed by atoms with Crippen LogP contribution in [0.4, 0.5) is 5.82 Å².